The van der Waals surface area contributed by atoms with Crippen molar-refractivity contribution in [1.82, 2.24) is 14.8 Å². The fourth-order valence-electron chi connectivity index (χ4n) is 1.43. The van der Waals surface area contributed by atoms with E-state index in [1.54, 1.807) is 6.33 Å². The molecular weight excluding hydrogens is 164 g/mol. The van der Waals surface area contributed by atoms with Crippen molar-refractivity contribution < 1.29 is 0 Å². The molecule has 2 N–H and O–H groups in total. The Morgan fingerprint density at radius 1 is 1.69 bits per heavy atom. The molecule has 0 saturated heterocycles. The average molecular weight is 180 g/mol. The first-order valence-electron chi connectivity index (χ1n) is 4.84. The van der Waals surface area contributed by atoms with Gasteiger partial charge in [-0.2, -0.15) is 0 Å². The smallest absolute Gasteiger partial charge is 0.152 e. The van der Waals surface area contributed by atoms with Crippen LogP contribution in [0.5, 0.6) is 0 Å². The molecule has 72 valence electrons. The minimum absolute atomic E-state index is 0.334. The first-order valence-corrected chi connectivity index (χ1v) is 4.84. The molecule has 1 aliphatic rings. The molecule has 4 nitrogen and oxygen atoms in total. The van der Waals surface area contributed by atoms with Crippen LogP contribution in [0.15, 0.2) is 6.33 Å². The summed E-state index contributed by atoms with van der Waals surface area (Å²) in [7, 11) is 0. The van der Waals surface area contributed by atoms with E-state index in [4.69, 9.17) is 5.73 Å². The molecule has 4 heteroatoms. The maximum Gasteiger partial charge on any atom is 0.152 e. The van der Waals surface area contributed by atoms with E-state index in [1.807, 2.05) is 6.92 Å². The molecule has 0 bridgehead atoms. The van der Waals surface area contributed by atoms with Crippen LogP contribution in [0.3, 0.4) is 0 Å². The molecule has 0 aromatic carbocycles. The third kappa shape index (κ3) is 1.46. The van der Waals surface area contributed by atoms with Crippen molar-refractivity contribution >= 4 is 0 Å². The summed E-state index contributed by atoms with van der Waals surface area (Å²) in [6.07, 6.45) is 5.17. The van der Waals surface area contributed by atoms with E-state index in [0.717, 1.165) is 12.2 Å². The lowest BCUT2D eigenvalue weighted by atomic mass is 9.99. The molecule has 13 heavy (non-hydrogen) atoms. The highest BCUT2D eigenvalue weighted by atomic mass is 15.3. The first-order chi connectivity index (χ1) is 6.15. The van der Waals surface area contributed by atoms with Crippen LogP contribution in [0, 0.1) is 0 Å². The quantitative estimate of drug-likeness (QED) is 0.760. The maximum absolute atomic E-state index is 6.12. The Hall–Kier alpha value is -0.900. The lowest BCUT2D eigenvalue weighted by Gasteiger charge is -2.22. The van der Waals surface area contributed by atoms with Gasteiger partial charge in [0.25, 0.3) is 0 Å². The number of aromatic nitrogens is 3. The average Bonchev–Trinajstić information content (AvgIpc) is 2.83. The van der Waals surface area contributed by atoms with E-state index in [0.29, 0.717) is 6.04 Å². The molecule has 1 aromatic rings. The lowest BCUT2D eigenvalue weighted by Crippen LogP contribution is -2.35. The summed E-state index contributed by atoms with van der Waals surface area (Å²) in [5, 5.41) is 8.04. The van der Waals surface area contributed by atoms with E-state index in [9.17, 15) is 0 Å². The van der Waals surface area contributed by atoms with Gasteiger partial charge < -0.3 is 10.3 Å². The lowest BCUT2D eigenvalue weighted by molar-refractivity contribution is 0.419. The zero-order valence-corrected chi connectivity index (χ0v) is 8.20. The van der Waals surface area contributed by atoms with Gasteiger partial charge in [-0.15, -0.1) is 10.2 Å². The molecule has 1 fully saturated rings. The Labute approximate surface area is 78.1 Å². The second-order valence-electron chi connectivity index (χ2n) is 4.06. The standard InChI is InChI=1S/C9H16N4/c1-3-9(2,10)8-12-11-6-13(8)7-4-5-7/h6-7H,3-5,10H2,1-2H3. The third-order valence-corrected chi connectivity index (χ3v) is 2.76. The molecule has 0 spiro atoms. The van der Waals surface area contributed by atoms with Crippen LogP contribution in [0.2, 0.25) is 0 Å². The van der Waals surface area contributed by atoms with Gasteiger partial charge in [0, 0.05) is 6.04 Å². The summed E-state index contributed by atoms with van der Waals surface area (Å²) in [6, 6.07) is 0.611. The highest BCUT2D eigenvalue weighted by Gasteiger charge is 2.32. The maximum atomic E-state index is 6.12. The van der Waals surface area contributed by atoms with Crippen molar-refractivity contribution in [1.29, 1.82) is 0 Å². The predicted molar refractivity (Wildman–Crippen MR) is 50.1 cm³/mol. The van der Waals surface area contributed by atoms with E-state index in [1.165, 1.54) is 12.8 Å². The van der Waals surface area contributed by atoms with Gasteiger partial charge in [0.05, 0.1) is 5.54 Å². The molecule has 0 aliphatic heterocycles. The predicted octanol–water partition coefficient (Wildman–Crippen LogP) is 1.20. The zero-order chi connectivity index (χ0) is 9.47. The van der Waals surface area contributed by atoms with Crippen LogP contribution in [-0.4, -0.2) is 14.8 Å². The van der Waals surface area contributed by atoms with Crippen LogP contribution in [0.25, 0.3) is 0 Å². The minimum atomic E-state index is -0.334. The number of hydrogen-bond donors (Lipinski definition) is 1. The van der Waals surface area contributed by atoms with E-state index in [2.05, 4.69) is 21.7 Å². The third-order valence-electron chi connectivity index (χ3n) is 2.76. The van der Waals surface area contributed by atoms with Crippen molar-refractivity contribution in [3.8, 4) is 0 Å². The zero-order valence-electron chi connectivity index (χ0n) is 8.20. The van der Waals surface area contributed by atoms with Crippen molar-refractivity contribution in [2.24, 2.45) is 5.73 Å². The first kappa shape index (κ1) is 8.69. The van der Waals surface area contributed by atoms with Gasteiger partial charge in [0.2, 0.25) is 0 Å². The van der Waals surface area contributed by atoms with Crippen molar-refractivity contribution in [3.05, 3.63) is 12.2 Å². The van der Waals surface area contributed by atoms with Crippen molar-refractivity contribution in [3.63, 3.8) is 0 Å². The van der Waals surface area contributed by atoms with Crippen LogP contribution in [0.1, 0.15) is 45.0 Å². The summed E-state index contributed by atoms with van der Waals surface area (Å²) < 4.78 is 2.13. The summed E-state index contributed by atoms with van der Waals surface area (Å²) in [5.74, 6) is 0.928. The molecule has 1 aromatic heterocycles. The summed E-state index contributed by atoms with van der Waals surface area (Å²) in [6.45, 7) is 4.09. The summed E-state index contributed by atoms with van der Waals surface area (Å²) in [4.78, 5) is 0. The fourth-order valence-corrected chi connectivity index (χ4v) is 1.43. The van der Waals surface area contributed by atoms with Gasteiger partial charge in [-0.1, -0.05) is 6.92 Å². The second kappa shape index (κ2) is 2.80. The van der Waals surface area contributed by atoms with Gasteiger partial charge in [-0.05, 0) is 26.2 Å². The Morgan fingerprint density at radius 2 is 2.38 bits per heavy atom. The largest absolute Gasteiger partial charge is 0.319 e. The highest BCUT2D eigenvalue weighted by Crippen LogP contribution is 2.37. The van der Waals surface area contributed by atoms with Crippen LogP contribution in [-0.2, 0) is 5.54 Å². The Morgan fingerprint density at radius 3 is 2.92 bits per heavy atom. The number of hydrogen-bond acceptors (Lipinski definition) is 3. The number of rotatable bonds is 3. The van der Waals surface area contributed by atoms with Crippen molar-refractivity contribution in [2.45, 2.75) is 44.7 Å². The van der Waals surface area contributed by atoms with Gasteiger partial charge >= 0.3 is 0 Å². The Bertz CT molecular complexity index is 298. The van der Waals surface area contributed by atoms with E-state index < -0.39 is 0 Å². The molecule has 1 heterocycles. The summed E-state index contributed by atoms with van der Waals surface area (Å²) in [5.41, 5.74) is 5.79. The van der Waals surface area contributed by atoms with Crippen molar-refractivity contribution in [2.75, 3.05) is 0 Å². The second-order valence-corrected chi connectivity index (χ2v) is 4.06. The molecular formula is C9H16N4. The minimum Gasteiger partial charge on any atom is -0.319 e. The van der Waals surface area contributed by atoms with Crippen LogP contribution >= 0.6 is 0 Å². The Kier molecular flexibility index (Phi) is 1.87. The monoisotopic (exact) mass is 180 g/mol. The van der Waals surface area contributed by atoms with Gasteiger partial charge in [-0.25, -0.2) is 0 Å². The molecule has 0 amide bonds. The SMILES string of the molecule is CCC(C)(N)c1nncn1C1CC1. The molecule has 1 aliphatic carbocycles. The fraction of sp³-hybridized carbons (Fsp3) is 0.778. The highest BCUT2D eigenvalue weighted by molar-refractivity contribution is 5.05. The number of nitrogens with two attached hydrogens (primary N) is 1. The van der Waals surface area contributed by atoms with Crippen LogP contribution in [0.4, 0.5) is 0 Å². The van der Waals surface area contributed by atoms with Gasteiger partial charge in [0.1, 0.15) is 6.33 Å². The van der Waals surface area contributed by atoms with Gasteiger partial charge in [0.15, 0.2) is 5.82 Å². The molecule has 1 saturated carbocycles. The van der Waals surface area contributed by atoms with E-state index >= 15 is 0 Å². The number of nitrogens with zero attached hydrogens (tertiary/aromatic N) is 3. The van der Waals surface area contributed by atoms with Crippen LogP contribution < -0.4 is 5.73 Å². The molecule has 1 atom stereocenters. The molecule has 0 radical (unpaired) electrons. The van der Waals surface area contributed by atoms with E-state index in [-0.39, 0.29) is 5.54 Å². The molecule has 1 unspecified atom stereocenters. The Balaban J connectivity index is 2.33. The van der Waals surface area contributed by atoms with Gasteiger partial charge in [-0.3, -0.25) is 0 Å². The summed E-state index contributed by atoms with van der Waals surface area (Å²) >= 11 is 0. The normalized spacial score (nSPS) is 21.5. The topological polar surface area (TPSA) is 56.7 Å². The molecule has 2 rings (SSSR count).